The molecule has 120 valence electrons. The molecule has 1 aliphatic rings. The molecule has 0 radical (unpaired) electrons. The first kappa shape index (κ1) is 16.7. The normalized spacial score (nSPS) is 34.4. The minimum Gasteiger partial charge on any atom is -0.393 e. The summed E-state index contributed by atoms with van der Waals surface area (Å²) in [5, 5.41) is 38.6. The number of alkyl halides is 1. The van der Waals surface area contributed by atoms with Crippen LogP contribution in [0.3, 0.4) is 0 Å². The molecular weight excluding hydrogens is 316 g/mol. The predicted octanol–water partition coefficient (Wildman–Crippen LogP) is -0.782. The molecule has 0 saturated carbocycles. The highest BCUT2D eigenvalue weighted by atomic mass is 35.5. The Morgan fingerprint density at radius 3 is 2.82 bits per heavy atom. The summed E-state index contributed by atoms with van der Waals surface area (Å²) in [5.74, 6) is -1.43. The van der Waals surface area contributed by atoms with Crippen molar-refractivity contribution in [2.24, 2.45) is 5.92 Å². The standard InChI is InChI=1S/C12H15ClN4O5/c1-7-9(20)11(4-13,6-18)22-12(7,5-14)17-3-2-8(19)15-10(17)16-21/h2-3,7,9,18,20-21H,4,6H2,1H3,(H,15,16,19)/t7-,9+,11-,12-/m1/s1. The van der Waals surface area contributed by atoms with Gasteiger partial charge in [-0.3, -0.25) is 14.6 Å². The van der Waals surface area contributed by atoms with E-state index in [1.165, 1.54) is 13.1 Å². The third-order valence-electron chi connectivity index (χ3n) is 3.91. The van der Waals surface area contributed by atoms with Gasteiger partial charge in [-0.1, -0.05) is 6.92 Å². The maximum absolute atomic E-state index is 11.3. The van der Waals surface area contributed by atoms with Gasteiger partial charge in [0.15, 0.2) is 0 Å². The quantitative estimate of drug-likeness (QED) is 0.416. The fourth-order valence-corrected chi connectivity index (χ4v) is 2.90. The van der Waals surface area contributed by atoms with Gasteiger partial charge in [-0.25, -0.2) is 5.48 Å². The zero-order chi connectivity index (χ0) is 16.5. The van der Waals surface area contributed by atoms with Crippen molar-refractivity contribution in [1.82, 2.24) is 9.55 Å². The molecule has 1 aliphatic heterocycles. The molecule has 10 heteroatoms. The van der Waals surface area contributed by atoms with Crippen molar-refractivity contribution in [2.75, 3.05) is 18.0 Å². The van der Waals surface area contributed by atoms with Crippen LogP contribution in [0.15, 0.2) is 17.1 Å². The number of nitrogens with zero attached hydrogens (tertiary/aromatic N) is 3. The van der Waals surface area contributed by atoms with Gasteiger partial charge < -0.3 is 14.9 Å². The van der Waals surface area contributed by atoms with Crippen molar-refractivity contribution >= 4 is 17.5 Å². The van der Waals surface area contributed by atoms with E-state index in [9.17, 15) is 20.3 Å². The van der Waals surface area contributed by atoms with Crippen LogP contribution in [0.25, 0.3) is 0 Å². The van der Waals surface area contributed by atoms with Crippen molar-refractivity contribution in [3.63, 3.8) is 0 Å². The second kappa shape index (κ2) is 5.83. The minimum absolute atomic E-state index is 0.256. The highest BCUT2D eigenvalue weighted by Gasteiger charge is 2.62. The van der Waals surface area contributed by atoms with Crippen molar-refractivity contribution in [3.8, 4) is 6.07 Å². The number of nitrogens with one attached hydrogen (secondary N) is 1. The summed E-state index contributed by atoms with van der Waals surface area (Å²) in [6.45, 7) is 0.915. The lowest BCUT2D eigenvalue weighted by molar-refractivity contribution is -0.144. The Morgan fingerprint density at radius 2 is 2.36 bits per heavy atom. The Hall–Kier alpha value is -1.70. The third kappa shape index (κ3) is 2.16. The molecule has 0 spiro atoms. The number of halogens is 1. The van der Waals surface area contributed by atoms with Gasteiger partial charge in [-0.2, -0.15) is 10.2 Å². The lowest BCUT2D eigenvalue weighted by atomic mass is 9.88. The summed E-state index contributed by atoms with van der Waals surface area (Å²) in [4.78, 5) is 14.8. The van der Waals surface area contributed by atoms with Gasteiger partial charge in [0, 0.05) is 18.2 Å². The number of aliphatic hydroxyl groups excluding tert-OH is 2. The summed E-state index contributed by atoms with van der Waals surface area (Å²) in [7, 11) is 0. The fraction of sp³-hybridized carbons (Fsp3) is 0.583. The lowest BCUT2D eigenvalue weighted by Crippen LogP contribution is -2.46. The van der Waals surface area contributed by atoms with Gasteiger partial charge in [-0.05, 0) is 0 Å². The van der Waals surface area contributed by atoms with Crippen LogP contribution in [-0.2, 0) is 10.5 Å². The van der Waals surface area contributed by atoms with E-state index < -0.39 is 35.5 Å². The van der Waals surface area contributed by atoms with Crippen molar-refractivity contribution in [2.45, 2.75) is 24.4 Å². The van der Waals surface area contributed by atoms with E-state index in [1.54, 1.807) is 5.48 Å². The van der Waals surface area contributed by atoms with Gasteiger partial charge in [0.25, 0.3) is 5.56 Å². The molecule has 2 heterocycles. The van der Waals surface area contributed by atoms with Crippen LogP contribution in [0.5, 0.6) is 0 Å². The van der Waals surface area contributed by atoms with E-state index in [0.29, 0.717) is 0 Å². The number of anilines is 1. The van der Waals surface area contributed by atoms with Crippen LogP contribution in [0.2, 0.25) is 0 Å². The van der Waals surface area contributed by atoms with E-state index in [4.69, 9.17) is 21.5 Å². The largest absolute Gasteiger partial charge is 0.393 e. The SMILES string of the molecule is C[C@@H]1[C@H](O)[C@](CO)(CCl)O[C@@]1(C#N)n1ccc(=O)nc1NO. The zero-order valence-electron chi connectivity index (χ0n) is 11.6. The van der Waals surface area contributed by atoms with Crippen LogP contribution in [-0.4, -0.2) is 49.2 Å². The average molecular weight is 331 g/mol. The predicted molar refractivity (Wildman–Crippen MR) is 74.3 cm³/mol. The van der Waals surface area contributed by atoms with Gasteiger partial charge in [0.2, 0.25) is 11.7 Å². The maximum atomic E-state index is 11.3. The Morgan fingerprint density at radius 1 is 1.68 bits per heavy atom. The molecule has 0 bridgehead atoms. The number of aromatic nitrogens is 2. The molecule has 0 amide bonds. The highest BCUT2D eigenvalue weighted by molar-refractivity contribution is 6.18. The molecule has 4 atom stereocenters. The van der Waals surface area contributed by atoms with Gasteiger partial charge in [-0.15, -0.1) is 11.6 Å². The van der Waals surface area contributed by atoms with E-state index >= 15 is 0 Å². The highest BCUT2D eigenvalue weighted by Crippen LogP contribution is 2.46. The van der Waals surface area contributed by atoms with Gasteiger partial charge in [0.1, 0.15) is 11.7 Å². The first-order chi connectivity index (χ1) is 10.4. The van der Waals surface area contributed by atoms with Gasteiger partial charge >= 0.3 is 0 Å². The van der Waals surface area contributed by atoms with E-state index in [2.05, 4.69) is 4.98 Å². The van der Waals surface area contributed by atoms with Crippen molar-refractivity contribution in [1.29, 1.82) is 5.26 Å². The second-order valence-corrected chi connectivity index (χ2v) is 5.34. The summed E-state index contributed by atoms with van der Waals surface area (Å²) in [6, 6.07) is 2.98. The topological polar surface area (TPSA) is 141 Å². The third-order valence-corrected chi connectivity index (χ3v) is 4.36. The van der Waals surface area contributed by atoms with E-state index in [-0.39, 0.29) is 11.8 Å². The first-order valence-electron chi connectivity index (χ1n) is 6.37. The number of nitriles is 1. The number of hydrogen-bond acceptors (Lipinski definition) is 8. The molecule has 0 aromatic carbocycles. The Labute approximate surface area is 130 Å². The molecule has 1 fully saturated rings. The summed E-state index contributed by atoms with van der Waals surface area (Å²) in [5.41, 5.74) is -2.29. The Bertz CT molecular complexity index is 656. The van der Waals surface area contributed by atoms with Crippen LogP contribution in [0.1, 0.15) is 6.92 Å². The zero-order valence-corrected chi connectivity index (χ0v) is 12.4. The fourth-order valence-electron chi connectivity index (χ4n) is 2.61. The minimum atomic E-state index is -1.82. The summed E-state index contributed by atoms with van der Waals surface area (Å²) >= 11 is 5.80. The summed E-state index contributed by atoms with van der Waals surface area (Å²) in [6.07, 6.45) is -0.0530. The van der Waals surface area contributed by atoms with Crippen molar-refractivity contribution in [3.05, 3.63) is 22.6 Å². The monoisotopic (exact) mass is 330 g/mol. The average Bonchev–Trinajstić information content (AvgIpc) is 2.77. The summed E-state index contributed by atoms with van der Waals surface area (Å²) < 4.78 is 6.73. The number of ether oxygens (including phenoxy) is 1. The van der Waals surface area contributed by atoms with Crippen LogP contribution >= 0.6 is 11.6 Å². The Balaban J connectivity index is 2.65. The molecule has 0 aliphatic carbocycles. The molecule has 0 unspecified atom stereocenters. The van der Waals surface area contributed by atoms with E-state index in [1.807, 2.05) is 6.07 Å². The van der Waals surface area contributed by atoms with Crippen LogP contribution in [0.4, 0.5) is 5.95 Å². The molecule has 22 heavy (non-hydrogen) atoms. The molecule has 9 nitrogen and oxygen atoms in total. The second-order valence-electron chi connectivity index (χ2n) is 5.07. The lowest BCUT2D eigenvalue weighted by Gasteiger charge is -2.31. The Kier molecular flexibility index (Phi) is 4.42. The first-order valence-corrected chi connectivity index (χ1v) is 6.91. The van der Waals surface area contributed by atoms with Crippen LogP contribution < -0.4 is 11.0 Å². The van der Waals surface area contributed by atoms with Crippen LogP contribution in [0, 0.1) is 17.2 Å². The number of aliphatic hydroxyl groups is 2. The number of rotatable bonds is 4. The maximum Gasteiger partial charge on any atom is 0.274 e. The number of hydrogen-bond donors (Lipinski definition) is 4. The molecular formula is C12H15ClN4O5. The smallest absolute Gasteiger partial charge is 0.274 e. The molecule has 4 N–H and O–H groups in total. The molecule has 2 rings (SSSR count). The molecule has 1 saturated heterocycles. The molecule has 1 aromatic heterocycles. The van der Waals surface area contributed by atoms with Gasteiger partial charge in [0.05, 0.1) is 18.6 Å². The van der Waals surface area contributed by atoms with Crippen molar-refractivity contribution < 1.29 is 20.2 Å². The van der Waals surface area contributed by atoms with E-state index in [0.717, 1.165) is 10.6 Å². The molecule has 1 aromatic rings.